The zero-order valence-electron chi connectivity index (χ0n) is 13.2. The molecule has 116 valence electrons. The second kappa shape index (κ2) is 9.16. The van der Waals surface area contributed by atoms with E-state index >= 15 is 0 Å². The second-order valence-corrected chi connectivity index (χ2v) is 5.54. The number of ether oxygens (including phenoxy) is 1. The number of carbonyl (C=O) groups is 2. The molecule has 1 amide bonds. The van der Waals surface area contributed by atoms with Crippen LogP contribution in [0.15, 0.2) is 30.3 Å². The summed E-state index contributed by atoms with van der Waals surface area (Å²) in [5, 5.41) is 0. The third-order valence-corrected chi connectivity index (χ3v) is 3.25. The van der Waals surface area contributed by atoms with Gasteiger partial charge in [-0.2, -0.15) is 0 Å². The maximum atomic E-state index is 12.0. The Morgan fingerprint density at radius 3 is 2.43 bits per heavy atom. The van der Waals surface area contributed by atoms with Crippen LogP contribution < -0.4 is 4.90 Å². The van der Waals surface area contributed by atoms with E-state index < -0.39 is 0 Å². The number of para-hydroxylation sites is 1. The summed E-state index contributed by atoms with van der Waals surface area (Å²) in [5.74, 6) is 0.235. The lowest BCUT2D eigenvalue weighted by atomic mass is 10.1. The molecule has 1 aromatic rings. The molecule has 0 aliphatic heterocycles. The molecule has 0 radical (unpaired) electrons. The average Bonchev–Trinajstić information content (AvgIpc) is 2.49. The average molecular weight is 291 g/mol. The summed E-state index contributed by atoms with van der Waals surface area (Å²) < 4.78 is 5.12. The predicted octanol–water partition coefficient (Wildman–Crippen LogP) is 3.41. The highest BCUT2D eigenvalue weighted by atomic mass is 16.5. The first-order valence-corrected chi connectivity index (χ1v) is 7.48. The van der Waals surface area contributed by atoms with Crippen LogP contribution in [0.1, 0.15) is 39.5 Å². The lowest BCUT2D eigenvalue weighted by Gasteiger charge is -2.16. The van der Waals surface area contributed by atoms with Gasteiger partial charge in [-0.25, -0.2) is 0 Å². The van der Waals surface area contributed by atoms with Gasteiger partial charge in [-0.05, 0) is 30.9 Å². The summed E-state index contributed by atoms with van der Waals surface area (Å²) in [5.41, 5.74) is 0.827. The topological polar surface area (TPSA) is 46.6 Å². The van der Waals surface area contributed by atoms with E-state index in [9.17, 15) is 9.59 Å². The quantitative estimate of drug-likeness (QED) is 0.544. The van der Waals surface area contributed by atoms with Gasteiger partial charge in [0.05, 0.1) is 13.0 Å². The monoisotopic (exact) mass is 291 g/mol. The summed E-state index contributed by atoms with van der Waals surface area (Å²) in [6.07, 6.45) is 2.23. The van der Waals surface area contributed by atoms with Crippen LogP contribution in [0.4, 0.5) is 5.69 Å². The van der Waals surface area contributed by atoms with Crippen LogP contribution in [0.2, 0.25) is 0 Å². The molecule has 0 N–H and O–H groups in total. The lowest BCUT2D eigenvalue weighted by Crippen LogP contribution is -2.26. The van der Waals surface area contributed by atoms with Gasteiger partial charge in [0.2, 0.25) is 5.91 Å². The van der Waals surface area contributed by atoms with E-state index in [1.165, 1.54) is 0 Å². The van der Waals surface area contributed by atoms with E-state index in [0.717, 1.165) is 18.5 Å². The van der Waals surface area contributed by atoms with Crippen molar-refractivity contribution < 1.29 is 14.3 Å². The number of esters is 1. The highest BCUT2D eigenvalue weighted by molar-refractivity contribution is 5.94. The van der Waals surface area contributed by atoms with Gasteiger partial charge in [-0.15, -0.1) is 0 Å². The van der Waals surface area contributed by atoms with E-state index in [2.05, 4.69) is 13.8 Å². The van der Waals surface area contributed by atoms with Gasteiger partial charge in [0.25, 0.3) is 0 Å². The lowest BCUT2D eigenvalue weighted by molar-refractivity contribution is -0.144. The Hall–Kier alpha value is -1.84. The van der Waals surface area contributed by atoms with Crippen molar-refractivity contribution >= 4 is 17.6 Å². The van der Waals surface area contributed by atoms with Crippen molar-refractivity contribution in [1.29, 1.82) is 0 Å². The molecule has 1 aromatic carbocycles. The number of carbonyl (C=O) groups excluding carboxylic acids is 2. The van der Waals surface area contributed by atoms with Crippen LogP contribution >= 0.6 is 0 Å². The smallest absolute Gasteiger partial charge is 0.306 e. The molecule has 4 heteroatoms. The fourth-order valence-electron chi connectivity index (χ4n) is 1.92. The zero-order valence-corrected chi connectivity index (χ0v) is 13.2. The predicted molar refractivity (Wildman–Crippen MR) is 84.1 cm³/mol. The molecule has 0 aliphatic rings. The Morgan fingerprint density at radius 2 is 1.81 bits per heavy atom. The van der Waals surface area contributed by atoms with Crippen molar-refractivity contribution in [3.8, 4) is 0 Å². The number of anilines is 1. The van der Waals surface area contributed by atoms with Gasteiger partial charge in [-0.1, -0.05) is 32.0 Å². The van der Waals surface area contributed by atoms with Gasteiger partial charge >= 0.3 is 5.97 Å². The fourth-order valence-corrected chi connectivity index (χ4v) is 1.92. The summed E-state index contributed by atoms with van der Waals surface area (Å²) in [4.78, 5) is 25.1. The Balaban J connectivity index is 2.25. The third-order valence-electron chi connectivity index (χ3n) is 3.25. The molecule has 0 spiro atoms. The van der Waals surface area contributed by atoms with E-state index in [-0.39, 0.29) is 24.7 Å². The van der Waals surface area contributed by atoms with Gasteiger partial charge in [0.15, 0.2) is 0 Å². The largest absolute Gasteiger partial charge is 0.466 e. The van der Waals surface area contributed by atoms with E-state index in [0.29, 0.717) is 12.5 Å². The molecule has 0 atom stereocenters. The summed E-state index contributed by atoms with van der Waals surface area (Å²) >= 11 is 0. The number of amides is 1. The molecule has 0 unspecified atom stereocenters. The van der Waals surface area contributed by atoms with Crippen LogP contribution in [-0.4, -0.2) is 25.5 Å². The molecule has 0 aromatic heterocycles. The fraction of sp³-hybridized carbons (Fsp3) is 0.529. The molecule has 0 fully saturated rings. The molecule has 4 nitrogen and oxygen atoms in total. The summed E-state index contributed by atoms with van der Waals surface area (Å²) in [6, 6.07) is 9.38. The standard InChI is InChI=1S/C17H25NO3/c1-14(2)8-7-13-21-17(20)12-11-16(19)18(3)15-9-5-4-6-10-15/h4-6,9-10,14H,7-8,11-13H2,1-3H3. The van der Waals surface area contributed by atoms with Crippen molar-refractivity contribution in [2.75, 3.05) is 18.6 Å². The maximum absolute atomic E-state index is 12.0. The molecule has 21 heavy (non-hydrogen) atoms. The minimum atomic E-state index is -0.298. The zero-order chi connectivity index (χ0) is 15.7. The third kappa shape index (κ3) is 6.93. The summed E-state index contributed by atoms with van der Waals surface area (Å²) in [7, 11) is 1.71. The first kappa shape index (κ1) is 17.2. The Morgan fingerprint density at radius 1 is 1.14 bits per heavy atom. The van der Waals surface area contributed by atoms with Crippen LogP contribution in [0, 0.1) is 5.92 Å². The number of hydrogen-bond acceptors (Lipinski definition) is 3. The van der Waals surface area contributed by atoms with Crippen LogP contribution in [0.25, 0.3) is 0 Å². The van der Waals surface area contributed by atoms with Crippen molar-refractivity contribution in [2.45, 2.75) is 39.5 Å². The van der Waals surface area contributed by atoms with Gasteiger partial charge in [-0.3, -0.25) is 9.59 Å². The highest BCUT2D eigenvalue weighted by Crippen LogP contribution is 2.13. The Kier molecular flexibility index (Phi) is 7.51. The Bertz CT molecular complexity index is 443. The van der Waals surface area contributed by atoms with E-state index in [4.69, 9.17) is 4.74 Å². The van der Waals surface area contributed by atoms with E-state index in [1.54, 1.807) is 11.9 Å². The highest BCUT2D eigenvalue weighted by Gasteiger charge is 2.13. The maximum Gasteiger partial charge on any atom is 0.306 e. The molecule has 0 saturated heterocycles. The number of hydrogen-bond donors (Lipinski definition) is 0. The second-order valence-electron chi connectivity index (χ2n) is 5.54. The van der Waals surface area contributed by atoms with Gasteiger partial charge < -0.3 is 9.64 Å². The van der Waals surface area contributed by atoms with Crippen LogP contribution in [0.3, 0.4) is 0 Å². The number of rotatable bonds is 8. The molecule has 1 rings (SSSR count). The van der Waals surface area contributed by atoms with Crippen molar-refractivity contribution in [3.05, 3.63) is 30.3 Å². The molecule has 0 bridgehead atoms. The van der Waals surface area contributed by atoms with Crippen molar-refractivity contribution in [2.24, 2.45) is 5.92 Å². The van der Waals surface area contributed by atoms with E-state index in [1.807, 2.05) is 30.3 Å². The minimum absolute atomic E-state index is 0.0830. The summed E-state index contributed by atoms with van der Waals surface area (Å²) in [6.45, 7) is 4.72. The normalized spacial score (nSPS) is 10.5. The minimum Gasteiger partial charge on any atom is -0.466 e. The van der Waals surface area contributed by atoms with Gasteiger partial charge in [0, 0.05) is 19.2 Å². The van der Waals surface area contributed by atoms with Crippen LogP contribution in [-0.2, 0) is 14.3 Å². The van der Waals surface area contributed by atoms with Gasteiger partial charge in [0.1, 0.15) is 0 Å². The first-order valence-electron chi connectivity index (χ1n) is 7.48. The molecular weight excluding hydrogens is 266 g/mol. The first-order chi connectivity index (χ1) is 10.0. The SMILES string of the molecule is CC(C)CCCOC(=O)CCC(=O)N(C)c1ccccc1. The van der Waals surface area contributed by atoms with Crippen LogP contribution in [0.5, 0.6) is 0 Å². The molecular formula is C17H25NO3. The van der Waals surface area contributed by atoms with Crippen molar-refractivity contribution in [1.82, 2.24) is 0 Å². The molecule has 0 saturated carbocycles. The number of benzene rings is 1. The molecule has 0 aliphatic carbocycles. The number of nitrogens with zero attached hydrogens (tertiary/aromatic N) is 1. The Labute approximate surface area is 127 Å². The van der Waals surface area contributed by atoms with Crippen molar-refractivity contribution in [3.63, 3.8) is 0 Å². The molecule has 0 heterocycles.